The van der Waals surface area contributed by atoms with Crippen molar-refractivity contribution in [2.45, 2.75) is 45.6 Å². The van der Waals surface area contributed by atoms with Gasteiger partial charge in [0.2, 0.25) is 0 Å². The van der Waals surface area contributed by atoms with Gasteiger partial charge in [0.05, 0.1) is 0 Å². The summed E-state index contributed by atoms with van der Waals surface area (Å²) in [6, 6.07) is 7.32. The topological polar surface area (TPSA) is 12.0 Å². The van der Waals surface area contributed by atoms with Crippen LogP contribution >= 0.6 is 0 Å². The number of hydrogen-bond donors (Lipinski definition) is 1. The predicted molar refractivity (Wildman–Crippen MR) is 69.7 cm³/mol. The van der Waals surface area contributed by atoms with Crippen molar-refractivity contribution in [3.8, 4) is 0 Å². The van der Waals surface area contributed by atoms with Crippen LogP contribution in [0.15, 0.2) is 18.2 Å². The van der Waals surface area contributed by atoms with Crippen molar-refractivity contribution in [3.05, 3.63) is 34.9 Å². The van der Waals surface area contributed by atoms with E-state index in [1.807, 2.05) is 0 Å². The Balaban J connectivity index is 2.07. The van der Waals surface area contributed by atoms with E-state index in [1.54, 1.807) is 0 Å². The minimum Gasteiger partial charge on any atom is -0.313 e. The van der Waals surface area contributed by atoms with Gasteiger partial charge >= 0.3 is 0 Å². The molecule has 1 atom stereocenters. The third-order valence-corrected chi connectivity index (χ3v) is 3.72. The van der Waals surface area contributed by atoms with E-state index < -0.39 is 0 Å². The molecule has 16 heavy (non-hydrogen) atoms. The van der Waals surface area contributed by atoms with Gasteiger partial charge in [0, 0.05) is 6.04 Å². The maximum atomic E-state index is 3.47. The molecule has 1 aromatic carbocycles. The second-order valence-corrected chi connectivity index (χ2v) is 5.22. The fourth-order valence-electron chi connectivity index (χ4n) is 2.40. The van der Waals surface area contributed by atoms with Gasteiger partial charge in [-0.15, -0.1) is 0 Å². The van der Waals surface area contributed by atoms with E-state index in [0.717, 1.165) is 5.92 Å². The molecular weight excluding hydrogens is 194 g/mol. The fourth-order valence-corrected chi connectivity index (χ4v) is 2.40. The first-order valence-corrected chi connectivity index (χ1v) is 6.45. The second kappa shape index (κ2) is 5.01. The first-order valence-electron chi connectivity index (χ1n) is 6.45. The molecule has 0 aliphatic heterocycles. The van der Waals surface area contributed by atoms with Crippen molar-refractivity contribution in [2.75, 3.05) is 7.05 Å². The molecule has 2 rings (SSSR count). The molecule has 1 aromatic rings. The lowest BCUT2D eigenvalue weighted by Crippen LogP contribution is -2.17. The molecular formula is C15H23N. The molecule has 1 saturated carbocycles. The van der Waals surface area contributed by atoms with E-state index in [-0.39, 0.29) is 0 Å². The minimum atomic E-state index is 0.542. The van der Waals surface area contributed by atoms with Crippen LogP contribution in [-0.2, 0) is 0 Å². The highest BCUT2D eigenvalue weighted by Gasteiger charge is 2.23. The van der Waals surface area contributed by atoms with E-state index in [4.69, 9.17) is 0 Å². The molecule has 1 nitrogen and oxygen atoms in total. The molecule has 1 aliphatic carbocycles. The first kappa shape index (κ1) is 11.7. The lowest BCUT2D eigenvalue weighted by atomic mass is 9.95. The quantitative estimate of drug-likeness (QED) is 0.792. The van der Waals surface area contributed by atoms with Gasteiger partial charge in [-0.1, -0.05) is 36.6 Å². The Morgan fingerprint density at radius 3 is 2.69 bits per heavy atom. The van der Waals surface area contributed by atoms with Crippen LogP contribution in [0.1, 0.15) is 48.4 Å². The summed E-state index contributed by atoms with van der Waals surface area (Å²) in [4.78, 5) is 0. The molecule has 0 spiro atoms. The molecule has 88 valence electrons. The average Bonchev–Trinajstić information content (AvgIpc) is 3.07. The van der Waals surface area contributed by atoms with Crippen LogP contribution in [0.4, 0.5) is 0 Å². The SMILES string of the molecule is CNC(CCC1CC1)c1cc(C)ccc1C. The summed E-state index contributed by atoms with van der Waals surface area (Å²) in [5.74, 6) is 1.03. The van der Waals surface area contributed by atoms with E-state index in [0.29, 0.717) is 6.04 Å². The van der Waals surface area contributed by atoms with Crippen molar-refractivity contribution < 1.29 is 0 Å². The number of hydrogen-bond acceptors (Lipinski definition) is 1. The number of aryl methyl sites for hydroxylation is 2. The largest absolute Gasteiger partial charge is 0.313 e. The van der Waals surface area contributed by atoms with Crippen LogP contribution in [0.5, 0.6) is 0 Å². The van der Waals surface area contributed by atoms with Gasteiger partial charge < -0.3 is 5.32 Å². The monoisotopic (exact) mass is 217 g/mol. The van der Waals surface area contributed by atoms with Crippen molar-refractivity contribution in [3.63, 3.8) is 0 Å². The van der Waals surface area contributed by atoms with E-state index in [1.165, 1.54) is 42.4 Å². The molecule has 1 N–H and O–H groups in total. The highest BCUT2D eigenvalue weighted by molar-refractivity contribution is 5.32. The van der Waals surface area contributed by atoms with Crippen LogP contribution in [0.25, 0.3) is 0 Å². The zero-order valence-corrected chi connectivity index (χ0v) is 10.7. The first-order chi connectivity index (χ1) is 7.70. The predicted octanol–water partition coefficient (Wildman–Crippen LogP) is 3.75. The van der Waals surface area contributed by atoms with Gasteiger partial charge in [-0.2, -0.15) is 0 Å². The maximum absolute atomic E-state index is 3.47. The van der Waals surface area contributed by atoms with Gasteiger partial charge in [0.1, 0.15) is 0 Å². The molecule has 0 radical (unpaired) electrons. The van der Waals surface area contributed by atoms with Crippen LogP contribution in [0.2, 0.25) is 0 Å². The van der Waals surface area contributed by atoms with Crippen LogP contribution in [0.3, 0.4) is 0 Å². The Bertz CT molecular complexity index is 352. The fraction of sp³-hybridized carbons (Fsp3) is 0.600. The zero-order chi connectivity index (χ0) is 11.5. The summed E-state index contributed by atoms with van der Waals surface area (Å²) in [5, 5.41) is 3.47. The molecule has 0 aromatic heterocycles. The van der Waals surface area contributed by atoms with Crippen LogP contribution < -0.4 is 5.32 Å². The highest BCUT2D eigenvalue weighted by Crippen LogP contribution is 2.36. The molecule has 0 amide bonds. The lowest BCUT2D eigenvalue weighted by Gasteiger charge is -2.19. The van der Waals surface area contributed by atoms with E-state index in [9.17, 15) is 0 Å². The molecule has 1 unspecified atom stereocenters. The second-order valence-electron chi connectivity index (χ2n) is 5.22. The van der Waals surface area contributed by atoms with Gasteiger partial charge in [-0.25, -0.2) is 0 Å². The van der Waals surface area contributed by atoms with Crippen molar-refractivity contribution >= 4 is 0 Å². The van der Waals surface area contributed by atoms with Crippen LogP contribution in [-0.4, -0.2) is 7.05 Å². The lowest BCUT2D eigenvalue weighted by molar-refractivity contribution is 0.504. The van der Waals surface area contributed by atoms with Gasteiger partial charge in [-0.05, 0) is 50.8 Å². The van der Waals surface area contributed by atoms with Crippen LogP contribution in [0, 0.1) is 19.8 Å². The zero-order valence-electron chi connectivity index (χ0n) is 10.7. The van der Waals surface area contributed by atoms with Crippen molar-refractivity contribution in [2.24, 2.45) is 5.92 Å². The number of benzene rings is 1. The summed E-state index contributed by atoms with van der Waals surface area (Å²) < 4.78 is 0. The summed E-state index contributed by atoms with van der Waals surface area (Å²) in [7, 11) is 2.08. The number of nitrogens with one attached hydrogen (secondary N) is 1. The summed E-state index contributed by atoms with van der Waals surface area (Å²) >= 11 is 0. The Morgan fingerprint density at radius 2 is 2.06 bits per heavy atom. The van der Waals surface area contributed by atoms with E-state index >= 15 is 0 Å². The summed E-state index contributed by atoms with van der Waals surface area (Å²) in [6.45, 7) is 4.40. The molecule has 1 aliphatic rings. The maximum Gasteiger partial charge on any atom is 0.0320 e. The highest BCUT2D eigenvalue weighted by atomic mass is 14.9. The summed E-state index contributed by atoms with van der Waals surface area (Å²) in [6.07, 6.45) is 5.59. The Kier molecular flexibility index (Phi) is 3.65. The molecule has 0 heterocycles. The Hall–Kier alpha value is -0.820. The smallest absolute Gasteiger partial charge is 0.0320 e. The Labute approximate surface area is 99.3 Å². The molecule has 1 heteroatoms. The normalized spacial score (nSPS) is 17.4. The van der Waals surface area contributed by atoms with Gasteiger partial charge in [0.15, 0.2) is 0 Å². The standard InChI is InChI=1S/C15H23N/c1-11-4-5-12(2)14(10-11)15(16-3)9-8-13-6-7-13/h4-5,10,13,15-16H,6-9H2,1-3H3. The third-order valence-electron chi connectivity index (χ3n) is 3.72. The summed E-state index contributed by atoms with van der Waals surface area (Å²) in [5.41, 5.74) is 4.27. The minimum absolute atomic E-state index is 0.542. The molecule has 0 saturated heterocycles. The molecule has 0 bridgehead atoms. The van der Waals surface area contributed by atoms with Gasteiger partial charge in [0.25, 0.3) is 0 Å². The molecule has 1 fully saturated rings. The van der Waals surface area contributed by atoms with Gasteiger partial charge in [-0.3, -0.25) is 0 Å². The van der Waals surface area contributed by atoms with Crippen molar-refractivity contribution in [1.82, 2.24) is 5.32 Å². The Morgan fingerprint density at radius 1 is 1.31 bits per heavy atom. The number of rotatable bonds is 5. The van der Waals surface area contributed by atoms with Crippen molar-refractivity contribution in [1.29, 1.82) is 0 Å². The van der Waals surface area contributed by atoms with E-state index in [2.05, 4.69) is 44.4 Å². The third kappa shape index (κ3) is 2.85. The average molecular weight is 217 g/mol.